The molecule has 4 aromatic rings. The number of anilines is 1. The minimum atomic E-state index is -1.44. The van der Waals surface area contributed by atoms with Gasteiger partial charge in [-0.05, 0) is 88.6 Å². The number of amides is 4. The molecule has 4 amide bonds. The summed E-state index contributed by atoms with van der Waals surface area (Å²) in [5.74, 6) is -6.47. The molecule has 2 aromatic carbocycles. The molecule has 2 aliphatic heterocycles. The number of fused-ring (bicyclic) bond motifs is 5. The van der Waals surface area contributed by atoms with Gasteiger partial charge in [0.1, 0.15) is 11.5 Å². The fraction of sp³-hybridized carbons (Fsp3) is 0.395. The Morgan fingerprint density at radius 1 is 1.04 bits per heavy atom. The number of hydrogen-bond acceptors (Lipinski definition) is 7. The number of rotatable bonds is 3. The highest BCUT2D eigenvalue weighted by Gasteiger charge is 2.68. The van der Waals surface area contributed by atoms with E-state index in [0.29, 0.717) is 16.3 Å². The van der Waals surface area contributed by atoms with Gasteiger partial charge in [-0.3, -0.25) is 28.8 Å². The second-order valence-electron chi connectivity index (χ2n) is 15.2. The van der Waals surface area contributed by atoms with Crippen molar-refractivity contribution in [2.24, 2.45) is 36.1 Å². The van der Waals surface area contributed by atoms with E-state index in [1.807, 2.05) is 52.0 Å². The van der Waals surface area contributed by atoms with E-state index < -0.39 is 63.9 Å². The van der Waals surface area contributed by atoms with Crippen molar-refractivity contribution in [2.75, 3.05) is 4.90 Å². The van der Waals surface area contributed by atoms with Gasteiger partial charge in [-0.2, -0.15) is 5.10 Å². The Hall–Kier alpha value is -4.35. The standard InChI is InChI=1S/C38H36ClFN4O5S/c1-17-22-14-18(39)10-13-27(22)50-32(17)26-16-28(42(6)41-26)43-34(47)24-15-23-19(11-12-20-29(23)35(48)44(33(20)46)37(2,3)4)30(38(24,5)36(43)49)21-8-7-9-25(40)31(21)45/h7-11,13-14,16,20,23-24,29-30,45H,12,15H2,1-6H3/t20-,23+,24-,29-,30+,38+/m0/s1. The number of aromatic nitrogens is 2. The number of phenolic OH excluding ortho intramolecular Hbond substituents is 1. The summed E-state index contributed by atoms with van der Waals surface area (Å²) in [6.45, 7) is 9.13. The summed E-state index contributed by atoms with van der Waals surface area (Å²) in [6, 6.07) is 11.6. The van der Waals surface area contributed by atoms with Crippen molar-refractivity contribution < 1.29 is 28.7 Å². The number of nitrogens with zero attached hydrogens (tertiary/aromatic N) is 4. The van der Waals surface area contributed by atoms with Crippen molar-refractivity contribution in [1.29, 1.82) is 0 Å². The number of allylic oxidation sites excluding steroid dienone is 2. The molecular formula is C38H36ClFN4O5S. The minimum absolute atomic E-state index is 0.148. The van der Waals surface area contributed by atoms with Crippen LogP contribution in [-0.4, -0.2) is 49.0 Å². The summed E-state index contributed by atoms with van der Waals surface area (Å²) >= 11 is 7.82. The van der Waals surface area contributed by atoms with E-state index in [4.69, 9.17) is 16.7 Å². The van der Waals surface area contributed by atoms with Gasteiger partial charge >= 0.3 is 0 Å². The summed E-state index contributed by atoms with van der Waals surface area (Å²) in [5, 5.41) is 17.5. The molecule has 3 fully saturated rings. The van der Waals surface area contributed by atoms with Crippen LogP contribution in [0.25, 0.3) is 20.7 Å². The number of aryl methyl sites for hydroxylation is 2. The molecule has 9 nitrogen and oxygen atoms in total. The molecule has 2 aliphatic carbocycles. The van der Waals surface area contributed by atoms with Crippen molar-refractivity contribution in [3.8, 4) is 16.3 Å². The zero-order valence-corrected chi connectivity index (χ0v) is 30.0. The van der Waals surface area contributed by atoms with Crippen LogP contribution in [0.5, 0.6) is 5.75 Å². The first-order valence-electron chi connectivity index (χ1n) is 16.7. The Kier molecular flexibility index (Phi) is 7.11. The number of carbonyl (C=O) groups excluding carboxylic acids is 4. The van der Waals surface area contributed by atoms with Crippen LogP contribution in [-0.2, 0) is 26.2 Å². The summed E-state index contributed by atoms with van der Waals surface area (Å²) in [5.41, 5.74) is 0.224. The monoisotopic (exact) mass is 714 g/mol. The highest BCUT2D eigenvalue weighted by Crippen LogP contribution is 2.64. The molecule has 6 atom stereocenters. The Labute approximate surface area is 297 Å². The van der Waals surface area contributed by atoms with Gasteiger partial charge in [0.05, 0.1) is 28.0 Å². The van der Waals surface area contributed by atoms with Crippen molar-refractivity contribution in [3.05, 3.63) is 76.1 Å². The maximum absolute atomic E-state index is 15.0. The zero-order chi connectivity index (χ0) is 35.8. The molecule has 1 N–H and O–H groups in total. The maximum atomic E-state index is 15.0. The molecule has 0 spiro atoms. The molecule has 12 heteroatoms. The fourth-order valence-corrected chi connectivity index (χ4v) is 10.5. The van der Waals surface area contributed by atoms with Crippen LogP contribution in [0.1, 0.15) is 57.6 Å². The average molecular weight is 715 g/mol. The molecule has 2 saturated heterocycles. The van der Waals surface area contributed by atoms with Gasteiger partial charge in [0.25, 0.3) is 0 Å². The molecule has 4 aliphatic rings. The average Bonchev–Trinajstić information content (AvgIpc) is 3.72. The van der Waals surface area contributed by atoms with Crippen LogP contribution < -0.4 is 4.90 Å². The maximum Gasteiger partial charge on any atom is 0.242 e. The normalized spacial score (nSPS) is 28.0. The predicted molar refractivity (Wildman–Crippen MR) is 188 cm³/mol. The van der Waals surface area contributed by atoms with E-state index >= 15 is 4.39 Å². The number of thiophene rings is 1. The smallest absolute Gasteiger partial charge is 0.242 e. The third-order valence-electron chi connectivity index (χ3n) is 11.5. The fourth-order valence-electron chi connectivity index (χ4n) is 9.22. The molecule has 0 unspecified atom stereocenters. The molecule has 0 bridgehead atoms. The number of carbonyl (C=O) groups is 4. The van der Waals surface area contributed by atoms with Gasteiger partial charge in [-0.15, -0.1) is 11.3 Å². The van der Waals surface area contributed by atoms with Crippen LogP contribution in [0.2, 0.25) is 5.02 Å². The Bertz CT molecular complexity index is 2230. The SMILES string of the molecule is Cc1c(-c2cc(N3C(=O)[C@@H]4C[C@@H]5C(=CC[C@@H]6C(=O)N(C(C)(C)C)C(=O)[C@@H]65)[C@H](c5cccc(F)c5O)[C@]4(C)C3=O)n(C)n2)sc2ccc(Cl)cc12. The molecule has 0 radical (unpaired) electrons. The van der Waals surface area contributed by atoms with Gasteiger partial charge in [-0.1, -0.05) is 35.4 Å². The molecule has 4 heterocycles. The zero-order valence-electron chi connectivity index (χ0n) is 28.5. The highest BCUT2D eigenvalue weighted by atomic mass is 35.5. The largest absolute Gasteiger partial charge is 0.505 e. The first kappa shape index (κ1) is 32.8. The lowest BCUT2D eigenvalue weighted by Gasteiger charge is -2.49. The van der Waals surface area contributed by atoms with Gasteiger partial charge in [-0.25, -0.2) is 9.29 Å². The third-order valence-corrected chi connectivity index (χ3v) is 13.0. The van der Waals surface area contributed by atoms with Crippen LogP contribution in [0.4, 0.5) is 10.2 Å². The van der Waals surface area contributed by atoms with E-state index in [1.54, 1.807) is 26.1 Å². The number of phenols is 1. The van der Waals surface area contributed by atoms with E-state index in [0.717, 1.165) is 26.6 Å². The Morgan fingerprint density at radius 2 is 1.78 bits per heavy atom. The Morgan fingerprint density at radius 3 is 2.50 bits per heavy atom. The van der Waals surface area contributed by atoms with Crippen molar-refractivity contribution in [1.82, 2.24) is 14.7 Å². The lowest BCUT2D eigenvalue weighted by molar-refractivity contribution is -0.145. The summed E-state index contributed by atoms with van der Waals surface area (Å²) < 4.78 is 17.6. The minimum Gasteiger partial charge on any atom is -0.505 e. The van der Waals surface area contributed by atoms with E-state index in [-0.39, 0.29) is 36.0 Å². The number of imide groups is 2. The van der Waals surface area contributed by atoms with Crippen molar-refractivity contribution in [2.45, 2.75) is 58.9 Å². The highest BCUT2D eigenvalue weighted by molar-refractivity contribution is 7.22. The second kappa shape index (κ2) is 10.8. The van der Waals surface area contributed by atoms with Gasteiger partial charge < -0.3 is 5.11 Å². The van der Waals surface area contributed by atoms with Crippen molar-refractivity contribution >= 4 is 62.5 Å². The number of para-hydroxylation sites is 1. The quantitative estimate of drug-likeness (QED) is 0.178. The predicted octanol–water partition coefficient (Wildman–Crippen LogP) is 7.14. The molecule has 258 valence electrons. The molecule has 8 rings (SSSR count). The van der Waals surface area contributed by atoms with E-state index in [9.17, 15) is 24.3 Å². The number of benzene rings is 2. The van der Waals surface area contributed by atoms with Crippen LogP contribution in [0, 0.1) is 41.8 Å². The van der Waals surface area contributed by atoms with Gasteiger partial charge in [0, 0.05) is 39.9 Å². The lowest BCUT2D eigenvalue weighted by atomic mass is 9.51. The number of hydrogen-bond donors (Lipinski definition) is 1. The molecule has 50 heavy (non-hydrogen) atoms. The van der Waals surface area contributed by atoms with E-state index in [2.05, 4.69) is 0 Å². The molecule has 1 saturated carbocycles. The Balaban J connectivity index is 1.26. The summed E-state index contributed by atoms with van der Waals surface area (Å²) in [4.78, 5) is 60.8. The second-order valence-corrected chi connectivity index (χ2v) is 16.7. The number of aromatic hydroxyl groups is 1. The van der Waals surface area contributed by atoms with Gasteiger partial charge in [0.2, 0.25) is 23.6 Å². The topological polar surface area (TPSA) is 113 Å². The summed E-state index contributed by atoms with van der Waals surface area (Å²) in [6.07, 6.45) is 2.30. The third kappa shape index (κ3) is 4.32. The number of likely N-dealkylation sites (tertiary alicyclic amines) is 1. The summed E-state index contributed by atoms with van der Waals surface area (Å²) in [7, 11) is 1.68. The van der Waals surface area contributed by atoms with E-state index in [1.165, 1.54) is 31.9 Å². The van der Waals surface area contributed by atoms with Crippen LogP contribution in [0.3, 0.4) is 0 Å². The van der Waals surface area contributed by atoms with Crippen LogP contribution >= 0.6 is 22.9 Å². The van der Waals surface area contributed by atoms with Gasteiger partial charge in [0.15, 0.2) is 11.6 Å². The number of halogens is 2. The van der Waals surface area contributed by atoms with Crippen LogP contribution in [0.15, 0.2) is 54.1 Å². The lowest BCUT2D eigenvalue weighted by Crippen LogP contribution is -2.49. The first-order chi connectivity index (χ1) is 23.5. The van der Waals surface area contributed by atoms with Crippen molar-refractivity contribution in [3.63, 3.8) is 0 Å². The molecular weight excluding hydrogens is 679 g/mol. The first-order valence-corrected chi connectivity index (χ1v) is 17.9. The molecule has 2 aromatic heterocycles.